The van der Waals surface area contributed by atoms with Gasteiger partial charge in [0.25, 0.3) is 0 Å². The van der Waals surface area contributed by atoms with Crippen molar-refractivity contribution in [3.63, 3.8) is 0 Å². The van der Waals surface area contributed by atoms with E-state index in [1.54, 1.807) is 0 Å². The Morgan fingerprint density at radius 1 is 1.26 bits per heavy atom. The molecule has 1 saturated carbocycles. The number of piperidine rings is 1. The summed E-state index contributed by atoms with van der Waals surface area (Å²) < 4.78 is 5.47. The molecule has 3 aliphatic rings. The molecule has 3 rings (SSSR count). The Kier molecular flexibility index (Phi) is 3.81. The molecule has 2 heterocycles. The van der Waals surface area contributed by atoms with Crippen LogP contribution in [0.4, 0.5) is 0 Å². The lowest BCUT2D eigenvalue weighted by molar-refractivity contribution is -0.152. The predicted molar refractivity (Wildman–Crippen MR) is 71.6 cm³/mol. The molecule has 1 unspecified atom stereocenters. The van der Waals surface area contributed by atoms with Gasteiger partial charge in [-0.3, -0.25) is 4.79 Å². The molecule has 0 aromatic carbocycles. The molecule has 4 heteroatoms. The molecule has 1 N–H and O–H groups in total. The average molecular weight is 267 g/mol. The van der Waals surface area contributed by atoms with E-state index in [0.29, 0.717) is 11.8 Å². The minimum Gasteiger partial charge on any atom is -0.396 e. The molecule has 0 radical (unpaired) electrons. The monoisotopic (exact) mass is 267 g/mol. The van der Waals surface area contributed by atoms with Gasteiger partial charge in [-0.05, 0) is 50.4 Å². The summed E-state index contributed by atoms with van der Waals surface area (Å²) in [7, 11) is 0. The maximum Gasteiger partial charge on any atom is 0.229 e. The van der Waals surface area contributed by atoms with Crippen LogP contribution >= 0.6 is 0 Å². The van der Waals surface area contributed by atoms with Crippen LogP contribution in [0.25, 0.3) is 0 Å². The number of nitrogens with zero attached hydrogens (tertiary/aromatic N) is 1. The number of amides is 1. The number of ether oxygens (including phenoxy) is 1. The van der Waals surface area contributed by atoms with Gasteiger partial charge in [-0.25, -0.2) is 0 Å². The third-order valence-corrected chi connectivity index (χ3v) is 5.23. The van der Waals surface area contributed by atoms with Crippen molar-refractivity contribution >= 4 is 5.91 Å². The molecule has 19 heavy (non-hydrogen) atoms. The number of rotatable bonds is 3. The smallest absolute Gasteiger partial charge is 0.229 e. The third kappa shape index (κ3) is 2.52. The van der Waals surface area contributed by atoms with Crippen molar-refractivity contribution in [2.24, 2.45) is 17.3 Å². The van der Waals surface area contributed by atoms with E-state index >= 15 is 0 Å². The first-order valence-corrected chi connectivity index (χ1v) is 7.74. The first-order valence-electron chi connectivity index (χ1n) is 7.74. The van der Waals surface area contributed by atoms with Crippen LogP contribution in [0.15, 0.2) is 0 Å². The number of hydrogen-bond acceptors (Lipinski definition) is 3. The van der Waals surface area contributed by atoms with E-state index < -0.39 is 0 Å². The van der Waals surface area contributed by atoms with Gasteiger partial charge in [0.15, 0.2) is 0 Å². The Balaban J connectivity index is 1.73. The van der Waals surface area contributed by atoms with Gasteiger partial charge in [-0.2, -0.15) is 0 Å². The number of hydrogen-bond donors (Lipinski definition) is 1. The molecule has 0 aromatic rings. The van der Waals surface area contributed by atoms with Crippen LogP contribution in [0.5, 0.6) is 0 Å². The fourth-order valence-corrected chi connectivity index (χ4v) is 3.88. The van der Waals surface area contributed by atoms with E-state index in [9.17, 15) is 9.90 Å². The van der Waals surface area contributed by atoms with Crippen LogP contribution in [-0.2, 0) is 9.53 Å². The molecule has 0 spiro atoms. The van der Waals surface area contributed by atoms with Crippen molar-refractivity contribution in [1.82, 2.24) is 4.90 Å². The first kappa shape index (κ1) is 13.4. The van der Waals surface area contributed by atoms with E-state index in [0.717, 1.165) is 52.0 Å². The summed E-state index contributed by atoms with van der Waals surface area (Å²) >= 11 is 0. The lowest BCUT2D eigenvalue weighted by atomic mass is 9.74. The second-order valence-electron chi connectivity index (χ2n) is 6.48. The van der Waals surface area contributed by atoms with Crippen molar-refractivity contribution in [2.45, 2.75) is 38.5 Å². The largest absolute Gasteiger partial charge is 0.396 e. The van der Waals surface area contributed by atoms with Gasteiger partial charge < -0.3 is 14.7 Å². The predicted octanol–water partition coefficient (Wildman–Crippen LogP) is 1.42. The van der Waals surface area contributed by atoms with E-state index in [4.69, 9.17) is 4.74 Å². The normalized spacial score (nSPS) is 31.2. The zero-order chi connectivity index (χ0) is 13.3. The fourth-order valence-electron chi connectivity index (χ4n) is 3.88. The Morgan fingerprint density at radius 3 is 2.63 bits per heavy atom. The lowest BCUT2D eigenvalue weighted by Crippen LogP contribution is -2.51. The number of likely N-dealkylation sites (tertiary alicyclic amines) is 1. The Bertz CT molecular complexity index is 334. The SMILES string of the molecule is O=C(N1CCCC(CO)C1)C1(C2CC2)CCOCC1. The van der Waals surface area contributed by atoms with Crippen molar-refractivity contribution in [3.05, 3.63) is 0 Å². The molecule has 2 saturated heterocycles. The third-order valence-electron chi connectivity index (χ3n) is 5.23. The van der Waals surface area contributed by atoms with Crippen molar-refractivity contribution in [2.75, 3.05) is 32.9 Å². The molecular weight excluding hydrogens is 242 g/mol. The minimum atomic E-state index is -0.129. The lowest BCUT2D eigenvalue weighted by Gasteiger charge is -2.42. The summed E-state index contributed by atoms with van der Waals surface area (Å²) in [5, 5.41) is 9.33. The van der Waals surface area contributed by atoms with Crippen LogP contribution in [0.2, 0.25) is 0 Å². The van der Waals surface area contributed by atoms with Gasteiger partial charge in [-0.1, -0.05) is 0 Å². The fraction of sp³-hybridized carbons (Fsp3) is 0.933. The minimum absolute atomic E-state index is 0.129. The maximum atomic E-state index is 13.0. The summed E-state index contributed by atoms with van der Waals surface area (Å²) in [4.78, 5) is 15.0. The summed E-state index contributed by atoms with van der Waals surface area (Å²) in [5.41, 5.74) is -0.129. The molecule has 2 aliphatic heterocycles. The quantitative estimate of drug-likeness (QED) is 0.841. The second-order valence-corrected chi connectivity index (χ2v) is 6.48. The van der Waals surface area contributed by atoms with Crippen LogP contribution in [0.3, 0.4) is 0 Å². The van der Waals surface area contributed by atoms with Crippen molar-refractivity contribution in [3.8, 4) is 0 Å². The van der Waals surface area contributed by atoms with Gasteiger partial charge in [0, 0.05) is 32.9 Å². The molecule has 1 atom stereocenters. The molecule has 3 fully saturated rings. The van der Waals surface area contributed by atoms with Gasteiger partial charge in [-0.15, -0.1) is 0 Å². The van der Waals surface area contributed by atoms with E-state index in [1.165, 1.54) is 12.8 Å². The van der Waals surface area contributed by atoms with E-state index in [1.807, 2.05) is 4.90 Å². The summed E-state index contributed by atoms with van der Waals surface area (Å²) in [6, 6.07) is 0. The maximum absolute atomic E-state index is 13.0. The number of carbonyl (C=O) groups excluding carboxylic acids is 1. The van der Waals surface area contributed by atoms with Gasteiger partial charge in [0.05, 0.1) is 5.41 Å². The van der Waals surface area contributed by atoms with Gasteiger partial charge in [0.2, 0.25) is 5.91 Å². The summed E-state index contributed by atoms with van der Waals surface area (Å²) in [6.07, 6.45) is 6.31. The highest BCUT2D eigenvalue weighted by Crippen LogP contribution is 2.52. The van der Waals surface area contributed by atoms with Crippen molar-refractivity contribution < 1.29 is 14.6 Å². The van der Waals surface area contributed by atoms with E-state index in [-0.39, 0.29) is 17.9 Å². The Labute approximate surface area is 115 Å². The summed E-state index contributed by atoms with van der Waals surface area (Å²) in [5.74, 6) is 1.24. The van der Waals surface area contributed by atoms with Gasteiger partial charge >= 0.3 is 0 Å². The average Bonchev–Trinajstić information content (AvgIpc) is 3.32. The van der Waals surface area contributed by atoms with Crippen LogP contribution in [0, 0.1) is 17.3 Å². The highest BCUT2D eigenvalue weighted by atomic mass is 16.5. The molecule has 108 valence electrons. The topological polar surface area (TPSA) is 49.8 Å². The van der Waals surface area contributed by atoms with Crippen LogP contribution < -0.4 is 0 Å². The second kappa shape index (κ2) is 5.41. The molecule has 0 aromatic heterocycles. The summed E-state index contributed by atoms with van der Waals surface area (Å²) in [6.45, 7) is 3.32. The number of aliphatic hydroxyl groups excluding tert-OH is 1. The molecule has 0 bridgehead atoms. The Morgan fingerprint density at radius 2 is 2.00 bits per heavy atom. The standard InChI is InChI=1S/C15H25NO3/c17-11-12-2-1-7-16(10-12)14(18)15(13-3-4-13)5-8-19-9-6-15/h12-13,17H,1-11H2. The first-order chi connectivity index (χ1) is 9.26. The number of aliphatic hydroxyl groups is 1. The molecule has 1 aliphatic carbocycles. The molecule has 4 nitrogen and oxygen atoms in total. The van der Waals surface area contributed by atoms with Crippen LogP contribution in [-0.4, -0.2) is 48.8 Å². The number of carbonyl (C=O) groups is 1. The van der Waals surface area contributed by atoms with E-state index in [2.05, 4.69) is 0 Å². The zero-order valence-electron chi connectivity index (χ0n) is 11.6. The molecular formula is C15H25NO3. The van der Waals surface area contributed by atoms with Crippen molar-refractivity contribution in [1.29, 1.82) is 0 Å². The zero-order valence-corrected chi connectivity index (χ0v) is 11.6. The molecule has 1 amide bonds. The highest BCUT2D eigenvalue weighted by Gasteiger charge is 2.52. The van der Waals surface area contributed by atoms with Gasteiger partial charge in [0.1, 0.15) is 0 Å². The Hall–Kier alpha value is -0.610. The van der Waals surface area contributed by atoms with Crippen LogP contribution in [0.1, 0.15) is 38.5 Å². The highest BCUT2D eigenvalue weighted by molar-refractivity contribution is 5.83.